The third-order valence-electron chi connectivity index (χ3n) is 4.48. The summed E-state index contributed by atoms with van der Waals surface area (Å²) < 4.78 is 38.2. The van der Waals surface area contributed by atoms with Crippen molar-refractivity contribution in [2.45, 2.75) is 50.7 Å². The summed E-state index contributed by atoms with van der Waals surface area (Å²) in [6.07, 6.45) is 4.08. The molecule has 1 saturated carbocycles. The van der Waals surface area contributed by atoms with Gasteiger partial charge in [-0.2, -0.15) is 13.2 Å². The molecule has 0 radical (unpaired) electrons. The molecule has 1 aromatic carbocycles. The van der Waals surface area contributed by atoms with E-state index in [1.165, 1.54) is 25.0 Å². The molecule has 0 saturated heterocycles. The first-order chi connectivity index (χ1) is 11.9. The lowest BCUT2D eigenvalue weighted by Crippen LogP contribution is -2.19. The van der Waals surface area contributed by atoms with Gasteiger partial charge in [0.1, 0.15) is 5.82 Å². The molecule has 1 aliphatic rings. The molecular formula is C18H19ClF3N3. The molecule has 1 aliphatic carbocycles. The van der Waals surface area contributed by atoms with Crippen molar-refractivity contribution in [2.75, 3.05) is 5.32 Å². The molecule has 7 heteroatoms. The molecule has 1 N–H and O–H groups in total. The number of alkyl halides is 3. The monoisotopic (exact) mass is 369 g/mol. The third kappa shape index (κ3) is 4.63. The van der Waals surface area contributed by atoms with Crippen LogP contribution in [0.5, 0.6) is 0 Å². The van der Waals surface area contributed by atoms with Gasteiger partial charge in [0.25, 0.3) is 0 Å². The smallest absolute Gasteiger partial charge is 0.367 e. The number of anilines is 1. The summed E-state index contributed by atoms with van der Waals surface area (Å²) in [6.45, 7) is 0. The van der Waals surface area contributed by atoms with Crippen molar-refractivity contribution < 1.29 is 13.2 Å². The molecule has 25 heavy (non-hydrogen) atoms. The van der Waals surface area contributed by atoms with E-state index in [-0.39, 0.29) is 5.28 Å². The van der Waals surface area contributed by atoms with E-state index >= 15 is 0 Å². The zero-order chi connectivity index (χ0) is 17.9. The number of rotatable bonds is 3. The first kappa shape index (κ1) is 18.0. The van der Waals surface area contributed by atoms with E-state index in [0.29, 0.717) is 23.0 Å². The van der Waals surface area contributed by atoms with E-state index in [1.807, 2.05) is 0 Å². The SMILES string of the molecule is FC(F)(F)c1ccc(-c2cnc(Cl)nc2NC2CCCCCC2)cc1. The predicted octanol–water partition coefficient (Wildman–Crippen LogP) is 5.95. The Hall–Kier alpha value is -1.82. The van der Waals surface area contributed by atoms with Gasteiger partial charge in [-0.1, -0.05) is 37.8 Å². The van der Waals surface area contributed by atoms with Crippen LogP contribution < -0.4 is 5.32 Å². The van der Waals surface area contributed by atoms with Crippen LogP contribution in [-0.2, 0) is 6.18 Å². The number of hydrogen-bond donors (Lipinski definition) is 1. The van der Waals surface area contributed by atoms with Crippen molar-refractivity contribution in [1.29, 1.82) is 0 Å². The second kappa shape index (κ2) is 7.60. The average molecular weight is 370 g/mol. The van der Waals surface area contributed by atoms with Crippen LogP contribution in [0, 0.1) is 0 Å². The van der Waals surface area contributed by atoms with Gasteiger partial charge in [0.05, 0.1) is 5.56 Å². The van der Waals surface area contributed by atoms with Gasteiger partial charge in [0.15, 0.2) is 0 Å². The molecule has 0 unspecified atom stereocenters. The Morgan fingerprint density at radius 1 is 1.00 bits per heavy atom. The fourth-order valence-corrected chi connectivity index (χ4v) is 3.27. The zero-order valence-corrected chi connectivity index (χ0v) is 14.4. The van der Waals surface area contributed by atoms with Crippen molar-refractivity contribution in [3.8, 4) is 11.1 Å². The first-order valence-electron chi connectivity index (χ1n) is 8.40. The number of benzene rings is 1. The van der Waals surface area contributed by atoms with E-state index in [1.54, 1.807) is 6.20 Å². The van der Waals surface area contributed by atoms with Gasteiger partial charge in [0.2, 0.25) is 5.28 Å². The summed E-state index contributed by atoms with van der Waals surface area (Å²) in [7, 11) is 0. The lowest BCUT2D eigenvalue weighted by atomic mass is 10.0. The predicted molar refractivity (Wildman–Crippen MR) is 92.6 cm³/mol. The number of nitrogens with zero attached hydrogens (tertiary/aromatic N) is 2. The number of nitrogens with one attached hydrogen (secondary N) is 1. The topological polar surface area (TPSA) is 37.8 Å². The normalized spacial score (nSPS) is 16.5. The molecular weight excluding hydrogens is 351 g/mol. The Bertz CT molecular complexity index is 708. The van der Waals surface area contributed by atoms with E-state index in [9.17, 15) is 13.2 Å². The fourth-order valence-electron chi connectivity index (χ4n) is 3.14. The summed E-state index contributed by atoms with van der Waals surface area (Å²) in [5.74, 6) is 0.576. The molecule has 0 atom stereocenters. The Kier molecular flexibility index (Phi) is 5.47. The molecule has 1 aromatic heterocycles. The second-order valence-electron chi connectivity index (χ2n) is 6.31. The fraction of sp³-hybridized carbons (Fsp3) is 0.444. The third-order valence-corrected chi connectivity index (χ3v) is 4.66. The summed E-state index contributed by atoms with van der Waals surface area (Å²) in [5.41, 5.74) is 0.604. The van der Waals surface area contributed by atoms with Crippen molar-refractivity contribution in [3.63, 3.8) is 0 Å². The summed E-state index contributed by atoms with van der Waals surface area (Å²) >= 11 is 5.93. The summed E-state index contributed by atoms with van der Waals surface area (Å²) in [6, 6.07) is 5.31. The van der Waals surface area contributed by atoms with Gasteiger partial charge in [-0.15, -0.1) is 0 Å². The van der Waals surface area contributed by atoms with Crippen LogP contribution in [0.4, 0.5) is 19.0 Å². The Labute approximate surface area is 149 Å². The quantitative estimate of drug-likeness (QED) is 0.536. The Morgan fingerprint density at radius 2 is 1.64 bits per heavy atom. The maximum atomic E-state index is 12.7. The van der Waals surface area contributed by atoms with Crippen molar-refractivity contribution in [1.82, 2.24) is 9.97 Å². The van der Waals surface area contributed by atoms with E-state index in [4.69, 9.17) is 11.6 Å². The minimum absolute atomic E-state index is 0.117. The minimum Gasteiger partial charge on any atom is -0.367 e. The van der Waals surface area contributed by atoms with E-state index in [0.717, 1.165) is 37.8 Å². The highest BCUT2D eigenvalue weighted by molar-refractivity contribution is 6.28. The van der Waals surface area contributed by atoms with Gasteiger partial charge >= 0.3 is 6.18 Å². The van der Waals surface area contributed by atoms with E-state index < -0.39 is 11.7 Å². The van der Waals surface area contributed by atoms with Gasteiger partial charge in [-0.05, 0) is 42.1 Å². The van der Waals surface area contributed by atoms with Crippen molar-refractivity contribution in [3.05, 3.63) is 41.3 Å². The van der Waals surface area contributed by atoms with Crippen LogP contribution in [0.25, 0.3) is 11.1 Å². The van der Waals surface area contributed by atoms with Crippen LogP contribution in [0.1, 0.15) is 44.1 Å². The maximum Gasteiger partial charge on any atom is 0.416 e. The van der Waals surface area contributed by atoms with Gasteiger partial charge in [-0.3, -0.25) is 0 Å². The van der Waals surface area contributed by atoms with Crippen molar-refractivity contribution in [2.24, 2.45) is 0 Å². The lowest BCUT2D eigenvalue weighted by Gasteiger charge is -2.19. The number of aromatic nitrogens is 2. The summed E-state index contributed by atoms with van der Waals surface area (Å²) in [5, 5.41) is 3.53. The van der Waals surface area contributed by atoms with Crippen LogP contribution in [-0.4, -0.2) is 16.0 Å². The van der Waals surface area contributed by atoms with E-state index in [2.05, 4.69) is 15.3 Å². The number of hydrogen-bond acceptors (Lipinski definition) is 3. The molecule has 0 amide bonds. The first-order valence-corrected chi connectivity index (χ1v) is 8.78. The molecule has 134 valence electrons. The van der Waals surface area contributed by atoms with Crippen LogP contribution in [0.15, 0.2) is 30.5 Å². The zero-order valence-electron chi connectivity index (χ0n) is 13.6. The average Bonchev–Trinajstić information content (AvgIpc) is 2.83. The molecule has 0 spiro atoms. The van der Waals surface area contributed by atoms with Crippen LogP contribution in [0.2, 0.25) is 5.28 Å². The van der Waals surface area contributed by atoms with Crippen LogP contribution >= 0.6 is 11.6 Å². The minimum atomic E-state index is -4.35. The second-order valence-corrected chi connectivity index (χ2v) is 6.65. The maximum absolute atomic E-state index is 12.7. The molecule has 0 bridgehead atoms. The largest absolute Gasteiger partial charge is 0.416 e. The standard InChI is InChI=1S/C18H19ClF3N3/c19-17-23-11-15(12-7-9-13(10-8-12)18(20,21)22)16(25-17)24-14-5-3-1-2-4-6-14/h7-11,14H,1-6H2,(H,23,24,25). The number of halogens is 4. The van der Waals surface area contributed by atoms with Crippen LogP contribution in [0.3, 0.4) is 0 Å². The molecule has 1 heterocycles. The van der Waals surface area contributed by atoms with Crippen molar-refractivity contribution >= 4 is 17.4 Å². The molecule has 0 aliphatic heterocycles. The molecule has 2 aromatic rings. The van der Waals surface area contributed by atoms with Gasteiger partial charge in [0, 0.05) is 17.8 Å². The summed E-state index contributed by atoms with van der Waals surface area (Å²) in [4.78, 5) is 8.26. The molecule has 1 fully saturated rings. The molecule has 3 rings (SSSR count). The Balaban J connectivity index is 1.88. The highest BCUT2D eigenvalue weighted by Crippen LogP contribution is 2.33. The van der Waals surface area contributed by atoms with Gasteiger partial charge < -0.3 is 5.32 Å². The Morgan fingerprint density at radius 3 is 2.24 bits per heavy atom. The van der Waals surface area contributed by atoms with Gasteiger partial charge in [-0.25, -0.2) is 9.97 Å². The highest BCUT2D eigenvalue weighted by atomic mass is 35.5. The highest BCUT2D eigenvalue weighted by Gasteiger charge is 2.30. The lowest BCUT2D eigenvalue weighted by molar-refractivity contribution is -0.137. The molecule has 3 nitrogen and oxygen atoms in total.